The van der Waals surface area contributed by atoms with E-state index < -0.39 is 12.1 Å². The van der Waals surface area contributed by atoms with E-state index in [0.29, 0.717) is 9.50 Å². The highest BCUT2D eigenvalue weighted by atomic mass is 79.9. The Morgan fingerprint density at radius 3 is 2.69 bits per heavy atom. The summed E-state index contributed by atoms with van der Waals surface area (Å²) in [5.74, 6) is -1.30. The number of hydrogen-bond acceptors (Lipinski definition) is 2. The quantitative estimate of drug-likeness (QED) is 0.862. The molecular formula is C8H6BrClO3. The van der Waals surface area contributed by atoms with Gasteiger partial charge in [0.2, 0.25) is 0 Å². The van der Waals surface area contributed by atoms with Gasteiger partial charge in [-0.05, 0) is 18.2 Å². The van der Waals surface area contributed by atoms with Crippen molar-refractivity contribution in [2.24, 2.45) is 0 Å². The lowest BCUT2D eigenvalue weighted by atomic mass is 10.1. The second kappa shape index (κ2) is 4.09. The van der Waals surface area contributed by atoms with Crippen LogP contribution in [0.4, 0.5) is 0 Å². The SMILES string of the molecule is O=C(O)[C@H](O)c1cc(Cl)ccc1Br. The van der Waals surface area contributed by atoms with Crippen molar-refractivity contribution in [3.05, 3.63) is 33.3 Å². The molecule has 0 saturated carbocycles. The Morgan fingerprint density at radius 1 is 1.54 bits per heavy atom. The summed E-state index contributed by atoms with van der Waals surface area (Å²) in [6, 6.07) is 4.60. The van der Waals surface area contributed by atoms with Crippen molar-refractivity contribution in [2.75, 3.05) is 0 Å². The van der Waals surface area contributed by atoms with Gasteiger partial charge in [0.25, 0.3) is 0 Å². The zero-order valence-electron chi connectivity index (χ0n) is 6.37. The second-order valence-corrected chi connectivity index (χ2v) is 3.70. The van der Waals surface area contributed by atoms with E-state index >= 15 is 0 Å². The molecule has 0 heterocycles. The van der Waals surface area contributed by atoms with Crippen molar-refractivity contribution in [3.63, 3.8) is 0 Å². The normalized spacial score (nSPS) is 12.5. The van der Waals surface area contributed by atoms with Crippen LogP contribution in [-0.4, -0.2) is 16.2 Å². The standard InChI is InChI=1S/C8H6BrClO3/c9-6-2-1-4(10)3-5(6)7(11)8(12)13/h1-3,7,11H,(H,12,13)/t7-/m1/s1. The molecule has 1 rings (SSSR count). The average Bonchev–Trinajstić information content (AvgIpc) is 2.08. The Bertz CT molecular complexity index is 340. The molecule has 1 atom stereocenters. The number of aliphatic hydroxyl groups is 1. The van der Waals surface area contributed by atoms with Gasteiger partial charge in [-0.3, -0.25) is 0 Å². The summed E-state index contributed by atoms with van der Waals surface area (Å²) in [6.07, 6.45) is -1.55. The van der Waals surface area contributed by atoms with Crippen LogP contribution in [0, 0.1) is 0 Å². The molecule has 5 heteroatoms. The molecule has 1 aromatic rings. The molecule has 0 aliphatic rings. The van der Waals surface area contributed by atoms with Crippen LogP contribution in [0.3, 0.4) is 0 Å². The minimum atomic E-state index is -1.55. The maximum Gasteiger partial charge on any atom is 0.337 e. The van der Waals surface area contributed by atoms with Gasteiger partial charge in [-0.2, -0.15) is 0 Å². The number of benzene rings is 1. The van der Waals surface area contributed by atoms with Crippen molar-refractivity contribution in [1.82, 2.24) is 0 Å². The molecule has 0 aliphatic carbocycles. The summed E-state index contributed by atoms with van der Waals surface area (Å²) in [6.45, 7) is 0. The number of halogens is 2. The van der Waals surface area contributed by atoms with Crippen LogP contribution >= 0.6 is 27.5 Å². The van der Waals surface area contributed by atoms with Gasteiger partial charge in [-0.1, -0.05) is 27.5 Å². The van der Waals surface area contributed by atoms with Gasteiger partial charge in [-0.25, -0.2) is 4.79 Å². The lowest BCUT2D eigenvalue weighted by molar-refractivity contribution is -0.147. The fourth-order valence-corrected chi connectivity index (χ4v) is 1.50. The highest BCUT2D eigenvalue weighted by Gasteiger charge is 2.18. The Hall–Kier alpha value is -0.580. The van der Waals surface area contributed by atoms with E-state index in [1.807, 2.05) is 0 Å². The fourth-order valence-electron chi connectivity index (χ4n) is 0.857. The average molecular weight is 265 g/mol. The molecule has 13 heavy (non-hydrogen) atoms. The van der Waals surface area contributed by atoms with Gasteiger partial charge in [0.05, 0.1) is 0 Å². The topological polar surface area (TPSA) is 57.5 Å². The molecule has 0 aromatic heterocycles. The molecule has 0 amide bonds. The van der Waals surface area contributed by atoms with Crippen LogP contribution in [0.2, 0.25) is 5.02 Å². The predicted octanol–water partition coefficient (Wildman–Crippen LogP) is 2.22. The molecule has 0 spiro atoms. The summed E-state index contributed by atoms with van der Waals surface area (Å²) in [4.78, 5) is 10.4. The summed E-state index contributed by atoms with van der Waals surface area (Å²) in [5.41, 5.74) is 0.250. The first-order valence-corrected chi connectivity index (χ1v) is 4.55. The molecule has 0 bridgehead atoms. The van der Waals surface area contributed by atoms with Gasteiger partial charge in [0.15, 0.2) is 6.10 Å². The number of carbonyl (C=O) groups is 1. The number of aliphatic carboxylic acids is 1. The first-order valence-electron chi connectivity index (χ1n) is 3.38. The Morgan fingerprint density at radius 2 is 2.15 bits per heavy atom. The Balaban J connectivity index is 3.12. The summed E-state index contributed by atoms with van der Waals surface area (Å²) >= 11 is 8.76. The third-order valence-electron chi connectivity index (χ3n) is 1.49. The van der Waals surface area contributed by atoms with Crippen LogP contribution in [0.15, 0.2) is 22.7 Å². The first kappa shape index (κ1) is 10.5. The van der Waals surface area contributed by atoms with E-state index in [-0.39, 0.29) is 5.56 Å². The zero-order valence-corrected chi connectivity index (χ0v) is 8.71. The second-order valence-electron chi connectivity index (χ2n) is 2.41. The van der Waals surface area contributed by atoms with E-state index in [1.165, 1.54) is 6.07 Å². The van der Waals surface area contributed by atoms with Crippen molar-refractivity contribution >= 4 is 33.5 Å². The van der Waals surface area contributed by atoms with Crippen molar-refractivity contribution in [1.29, 1.82) is 0 Å². The molecule has 70 valence electrons. The maximum absolute atomic E-state index is 10.4. The van der Waals surface area contributed by atoms with E-state index in [4.69, 9.17) is 16.7 Å². The smallest absolute Gasteiger partial charge is 0.337 e. The van der Waals surface area contributed by atoms with Crippen molar-refractivity contribution in [3.8, 4) is 0 Å². The highest BCUT2D eigenvalue weighted by molar-refractivity contribution is 9.10. The third-order valence-corrected chi connectivity index (χ3v) is 2.44. The van der Waals surface area contributed by atoms with E-state index in [9.17, 15) is 9.90 Å². The van der Waals surface area contributed by atoms with Gasteiger partial charge < -0.3 is 10.2 Å². The van der Waals surface area contributed by atoms with Gasteiger partial charge in [0, 0.05) is 15.1 Å². The van der Waals surface area contributed by atoms with Crippen LogP contribution in [0.5, 0.6) is 0 Å². The summed E-state index contributed by atoms with van der Waals surface area (Å²) < 4.78 is 0.520. The fraction of sp³-hybridized carbons (Fsp3) is 0.125. The molecule has 0 unspecified atom stereocenters. The third kappa shape index (κ3) is 2.43. The van der Waals surface area contributed by atoms with Crippen molar-refractivity contribution < 1.29 is 15.0 Å². The Labute approximate surface area is 88.1 Å². The Kier molecular flexibility index (Phi) is 3.30. The van der Waals surface area contributed by atoms with Crippen molar-refractivity contribution in [2.45, 2.75) is 6.10 Å². The van der Waals surface area contributed by atoms with Crippen LogP contribution in [-0.2, 0) is 4.79 Å². The van der Waals surface area contributed by atoms with E-state index in [2.05, 4.69) is 15.9 Å². The molecule has 0 saturated heterocycles. The predicted molar refractivity (Wildman–Crippen MR) is 51.7 cm³/mol. The summed E-state index contributed by atoms with van der Waals surface area (Å²) in [7, 11) is 0. The summed E-state index contributed by atoms with van der Waals surface area (Å²) in [5, 5.41) is 18.1. The lowest BCUT2D eigenvalue weighted by Crippen LogP contribution is -2.10. The lowest BCUT2D eigenvalue weighted by Gasteiger charge is -2.08. The minimum absolute atomic E-state index is 0.250. The van der Waals surface area contributed by atoms with Crippen LogP contribution in [0.1, 0.15) is 11.7 Å². The van der Waals surface area contributed by atoms with Crippen LogP contribution < -0.4 is 0 Å². The van der Waals surface area contributed by atoms with E-state index in [0.717, 1.165) is 0 Å². The molecule has 0 radical (unpaired) electrons. The number of rotatable bonds is 2. The molecule has 3 nitrogen and oxygen atoms in total. The molecular weight excluding hydrogens is 259 g/mol. The number of carboxylic acid groups (broad SMARTS) is 1. The van der Waals surface area contributed by atoms with Gasteiger partial charge >= 0.3 is 5.97 Å². The van der Waals surface area contributed by atoms with E-state index in [1.54, 1.807) is 12.1 Å². The van der Waals surface area contributed by atoms with Crippen LogP contribution in [0.25, 0.3) is 0 Å². The minimum Gasteiger partial charge on any atom is -0.479 e. The zero-order chi connectivity index (χ0) is 10.0. The number of hydrogen-bond donors (Lipinski definition) is 2. The molecule has 1 aromatic carbocycles. The largest absolute Gasteiger partial charge is 0.479 e. The maximum atomic E-state index is 10.4. The van der Waals surface area contributed by atoms with Gasteiger partial charge in [-0.15, -0.1) is 0 Å². The number of aliphatic hydroxyl groups excluding tert-OH is 1. The molecule has 0 fully saturated rings. The highest BCUT2D eigenvalue weighted by Crippen LogP contribution is 2.26. The number of carboxylic acids is 1. The molecule has 2 N–H and O–H groups in total. The van der Waals surface area contributed by atoms with Gasteiger partial charge in [0.1, 0.15) is 0 Å². The first-order chi connectivity index (χ1) is 6.02. The molecule has 0 aliphatic heterocycles. The monoisotopic (exact) mass is 264 g/mol.